The van der Waals surface area contributed by atoms with Crippen LogP contribution >= 0.6 is 0 Å². The van der Waals surface area contributed by atoms with E-state index in [1.165, 1.54) is 9.80 Å². The molecule has 2 N–H and O–H groups in total. The number of likely N-dealkylation sites (N-methyl/N-ethyl adjacent to an activating group) is 2. The van der Waals surface area contributed by atoms with E-state index in [0.29, 0.717) is 71.3 Å². The molecular formula is C56H72N4O10. The number of carbonyl (C=O) groups excluding carboxylic acids is 4. The lowest BCUT2D eigenvalue weighted by atomic mass is 9.97. The summed E-state index contributed by atoms with van der Waals surface area (Å²) in [6.45, 7) is 11.7. The Balaban J connectivity index is 0.000000261. The highest BCUT2D eigenvalue weighted by Gasteiger charge is 2.35. The first kappa shape index (κ1) is 54.0. The lowest BCUT2D eigenvalue weighted by Gasteiger charge is -2.33. The first-order valence-corrected chi connectivity index (χ1v) is 23.9. The summed E-state index contributed by atoms with van der Waals surface area (Å²) in [5.74, 6) is 2.44. The van der Waals surface area contributed by atoms with Gasteiger partial charge in [0.05, 0.1) is 63.9 Å². The molecule has 6 atom stereocenters. The van der Waals surface area contributed by atoms with Gasteiger partial charge in [0.15, 0.2) is 0 Å². The number of fused-ring (bicyclic) bond motifs is 2. The molecule has 70 heavy (non-hydrogen) atoms. The Labute approximate surface area is 414 Å². The van der Waals surface area contributed by atoms with Crippen LogP contribution in [0.2, 0.25) is 0 Å². The molecular weight excluding hydrogens is 889 g/mol. The molecule has 376 valence electrons. The lowest BCUT2D eigenvalue weighted by Crippen LogP contribution is -2.51. The van der Waals surface area contributed by atoms with Crippen LogP contribution in [-0.4, -0.2) is 100 Å². The molecule has 14 nitrogen and oxygen atoms in total. The number of carbonyl (C=O) groups is 4. The van der Waals surface area contributed by atoms with E-state index in [1.54, 1.807) is 91.1 Å². The lowest BCUT2D eigenvalue weighted by molar-refractivity contribution is -0.128. The number of ether oxygens (including phenoxy) is 6. The molecule has 0 saturated carbocycles. The Morgan fingerprint density at radius 1 is 0.514 bits per heavy atom. The van der Waals surface area contributed by atoms with Crippen LogP contribution in [0.25, 0.3) is 0 Å². The fraction of sp³-hybridized carbons (Fsp3) is 0.429. The maximum atomic E-state index is 13.6. The summed E-state index contributed by atoms with van der Waals surface area (Å²) in [4.78, 5) is 57.3. The zero-order valence-electron chi connectivity index (χ0n) is 42.8. The van der Waals surface area contributed by atoms with Crippen LogP contribution in [-0.2, 0) is 9.59 Å². The third kappa shape index (κ3) is 13.6. The fourth-order valence-electron chi connectivity index (χ4n) is 8.80. The van der Waals surface area contributed by atoms with Gasteiger partial charge >= 0.3 is 0 Å². The van der Waals surface area contributed by atoms with Crippen LogP contribution in [0.15, 0.2) is 109 Å². The summed E-state index contributed by atoms with van der Waals surface area (Å²) in [7, 11) is 9.73. The van der Waals surface area contributed by atoms with E-state index < -0.39 is 12.1 Å². The van der Waals surface area contributed by atoms with Crippen LogP contribution in [0.4, 0.5) is 0 Å². The fourth-order valence-corrected chi connectivity index (χ4v) is 8.80. The van der Waals surface area contributed by atoms with Gasteiger partial charge in [-0.05, 0) is 87.1 Å². The zero-order chi connectivity index (χ0) is 51.1. The Hall–Kier alpha value is -6.96. The van der Waals surface area contributed by atoms with Crippen molar-refractivity contribution in [3.63, 3.8) is 0 Å². The van der Waals surface area contributed by atoms with Crippen molar-refractivity contribution < 1.29 is 47.6 Å². The first-order valence-electron chi connectivity index (χ1n) is 23.9. The standard InChI is InChI=1S/2C28H36N2O5/c2*1-18(2)26-27(31)29-23(21-16-15-20(33-5)17-25(21)34-6)13-9-7-11-19(3)35-24-14-10-8-12-22(24)28(32)30(26)4/h2*7-10,12,14-19,23,26H,11,13H2,1-6H3,(H,29,31)/b9-7+;9-7-/t2*19-,23-,26+/m11/s1. The van der Waals surface area contributed by atoms with Gasteiger partial charge in [0.25, 0.3) is 11.8 Å². The average Bonchev–Trinajstić information content (AvgIpc) is 3.34. The molecule has 0 bridgehead atoms. The molecule has 4 aromatic rings. The summed E-state index contributed by atoms with van der Waals surface area (Å²) >= 11 is 0. The number of benzene rings is 4. The third-order valence-electron chi connectivity index (χ3n) is 12.4. The number of para-hydroxylation sites is 2. The monoisotopic (exact) mass is 961 g/mol. The molecule has 0 aromatic heterocycles. The maximum absolute atomic E-state index is 13.6. The summed E-state index contributed by atoms with van der Waals surface area (Å²) < 4.78 is 34.1. The number of hydrogen-bond acceptors (Lipinski definition) is 10. The number of nitrogens with one attached hydrogen (secondary N) is 2. The third-order valence-corrected chi connectivity index (χ3v) is 12.4. The van der Waals surface area contributed by atoms with E-state index in [-0.39, 0.29) is 59.8 Å². The Morgan fingerprint density at radius 2 is 0.871 bits per heavy atom. The topological polar surface area (TPSA) is 154 Å². The quantitative estimate of drug-likeness (QED) is 0.163. The number of amides is 4. The van der Waals surface area contributed by atoms with Crippen LogP contribution in [0.5, 0.6) is 34.5 Å². The van der Waals surface area contributed by atoms with Gasteiger partial charge in [0, 0.05) is 50.2 Å². The van der Waals surface area contributed by atoms with Crippen molar-refractivity contribution in [1.29, 1.82) is 0 Å². The predicted octanol–water partition coefficient (Wildman–Crippen LogP) is 9.55. The Morgan fingerprint density at radius 3 is 1.21 bits per heavy atom. The van der Waals surface area contributed by atoms with Crippen molar-refractivity contribution in [3.05, 3.63) is 131 Å². The van der Waals surface area contributed by atoms with Crippen LogP contribution in [0.3, 0.4) is 0 Å². The SMILES string of the molecule is COc1ccc([C@H]2C/C=C/C[C@@H](C)Oc3ccccc3C(=O)N(C)[C@@H](C(C)C)C(=O)N2)c(OC)c1.COc1ccc([C@H]2C/C=C\C[C@@H](C)Oc3ccccc3C(=O)N(C)[C@@H](C(C)C)C(=O)N2)c(OC)c1. The summed E-state index contributed by atoms with van der Waals surface area (Å²) in [6.07, 6.45) is 10.4. The molecule has 2 aliphatic rings. The van der Waals surface area contributed by atoms with Gasteiger partial charge in [-0.2, -0.15) is 0 Å². The van der Waals surface area contributed by atoms with E-state index >= 15 is 0 Å². The van der Waals surface area contributed by atoms with Gasteiger partial charge in [-0.1, -0.05) is 76.3 Å². The molecule has 14 heteroatoms. The highest BCUT2D eigenvalue weighted by molar-refractivity contribution is 6.00. The Bertz CT molecular complexity index is 2300. The van der Waals surface area contributed by atoms with Gasteiger partial charge in [0.2, 0.25) is 11.8 Å². The molecule has 0 saturated heterocycles. The zero-order valence-corrected chi connectivity index (χ0v) is 42.8. The largest absolute Gasteiger partial charge is 0.497 e. The van der Waals surface area contributed by atoms with Gasteiger partial charge in [0.1, 0.15) is 46.6 Å². The van der Waals surface area contributed by atoms with Gasteiger partial charge < -0.3 is 48.9 Å². The molecule has 6 rings (SSSR count). The van der Waals surface area contributed by atoms with Crippen LogP contribution < -0.4 is 39.1 Å². The minimum atomic E-state index is -0.674. The summed E-state index contributed by atoms with van der Waals surface area (Å²) in [5, 5.41) is 6.36. The molecule has 2 aliphatic heterocycles. The van der Waals surface area contributed by atoms with Crippen molar-refractivity contribution in [2.24, 2.45) is 11.8 Å². The maximum Gasteiger partial charge on any atom is 0.258 e. The minimum absolute atomic E-state index is 0.113. The van der Waals surface area contributed by atoms with Crippen molar-refractivity contribution in [2.45, 2.75) is 104 Å². The molecule has 0 fully saturated rings. The molecule has 0 radical (unpaired) electrons. The second-order valence-electron chi connectivity index (χ2n) is 18.3. The van der Waals surface area contributed by atoms with Gasteiger partial charge in [-0.3, -0.25) is 19.2 Å². The van der Waals surface area contributed by atoms with Crippen LogP contribution in [0, 0.1) is 11.8 Å². The molecule has 0 unspecified atom stereocenters. The van der Waals surface area contributed by atoms with Crippen molar-refractivity contribution in [3.8, 4) is 34.5 Å². The highest BCUT2D eigenvalue weighted by atomic mass is 16.5. The molecule has 2 heterocycles. The number of nitrogens with zero attached hydrogens (tertiary/aromatic N) is 2. The second-order valence-corrected chi connectivity index (χ2v) is 18.3. The minimum Gasteiger partial charge on any atom is -0.497 e. The molecule has 4 aromatic carbocycles. The van der Waals surface area contributed by atoms with Crippen molar-refractivity contribution >= 4 is 23.6 Å². The molecule has 4 amide bonds. The molecule has 0 aliphatic carbocycles. The number of rotatable bonds is 8. The van der Waals surface area contributed by atoms with Crippen molar-refractivity contribution in [1.82, 2.24) is 20.4 Å². The summed E-state index contributed by atoms with van der Waals surface area (Å²) in [5.41, 5.74) is 2.55. The van der Waals surface area contributed by atoms with Crippen molar-refractivity contribution in [2.75, 3.05) is 42.5 Å². The van der Waals surface area contributed by atoms with E-state index in [2.05, 4.69) is 10.6 Å². The van der Waals surface area contributed by atoms with E-state index in [4.69, 9.17) is 28.4 Å². The second kappa shape index (κ2) is 25.6. The van der Waals surface area contributed by atoms with E-state index in [1.807, 2.05) is 102 Å². The van der Waals surface area contributed by atoms with Crippen LogP contribution in [0.1, 0.15) is 111 Å². The predicted molar refractivity (Wildman–Crippen MR) is 272 cm³/mol. The molecule has 0 spiro atoms. The highest BCUT2D eigenvalue weighted by Crippen LogP contribution is 2.34. The van der Waals surface area contributed by atoms with Gasteiger partial charge in [-0.15, -0.1) is 0 Å². The van der Waals surface area contributed by atoms with E-state index in [0.717, 1.165) is 11.1 Å². The van der Waals surface area contributed by atoms with Gasteiger partial charge in [-0.25, -0.2) is 0 Å². The summed E-state index contributed by atoms with van der Waals surface area (Å²) in [6, 6.07) is 23.4. The average molecular weight is 961 g/mol. The normalized spacial score (nSPS) is 22.5. The Kier molecular flexibility index (Phi) is 19.7. The van der Waals surface area contributed by atoms with E-state index in [9.17, 15) is 19.2 Å². The smallest absolute Gasteiger partial charge is 0.258 e. The first-order chi connectivity index (χ1) is 33.5. The number of hydrogen-bond donors (Lipinski definition) is 2. The number of methoxy groups -OCH3 is 4.